The summed E-state index contributed by atoms with van der Waals surface area (Å²) < 4.78 is 0. The summed E-state index contributed by atoms with van der Waals surface area (Å²) in [4.78, 5) is 2.23. The Morgan fingerprint density at radius 3 is 2.61 bits per heavy atom. The number of nitriles is 1. The molecule has 0 radical (unpaired) electrons. The zero-order valence-electron chi connectivity index (χ0n) is 11.5. The fraction of sp³-hybridized carbons (Fsp3) is 0.533. The maximum absolute atomic E-state index is 9.22. The molecule has 1 aromatic rings. The van der Waals surface area contributed by atoms with E-state index in [2.05, 4.69) is 31.7 Å². The molecule has 3 nitrogen and oxygen atoms in total. The Kier molecular flexibility index (Phi) is 5.67. The molecule has 0 aromatic heterocycles. The first kappa shape index (κ1) is 14.5. The molecule has 3 heteroatoms. The maximum atomic E-state index is 9.22. The van der Waals surface area contributed by atoms with Crippen molar-refractivity contribution >= 4 is 5.69 Å². The number of aliphatic hydroxyl groups excluding tert-OH is 1. The second kappa shape index (κ2) is 7.03. The number of rotatable bonds is 6. The van der Waals surface area contributed by atoms with Crippen LogP contribution in [-0.4, -0.2) is 18.2 Å². The highest BCUT2D eigenvalue weighted by atomic mass is 16.3. The van der Waals surface area contributed by atoms with Gasteiger partial charge in [-0.05, 0) is 30.5 Å². The Balaban J connectivity index is 3.02. The Morgan fingerprint density at radius 2 is 2.11 bits per heavy atom. The van der Waals surface area contributed by atoms with Crippen LogP contribution in [0.2, 0.25) is 0 Å². The first-order valence-corrected chi connectivity index (χ1v) is 6.55. The molecule has 0 fully saturated rings. The number of benzene rings is 1. The molecule has 1 aromatic carbocycles. The summed E-state index contributed by atoms with van der Waals surface area (Å²) in [5, 5.41) is 18.3. The van der Waals surface area contributed by atoms with E-state index in [1.54, 1.807) is 6.07 Å². The fourth-order valence-corrected chi connectivity index (χ4v) is 1.95. The lowest BCUT2D eigenvalue weighted by molar-refractivity contribution is 0.282. The topological polar surface area (TPSA) is 47.3 Å². The first-order valence-electron chi connectivity index (χ1n) is 6.55. The zero-order valence-corrected chi connectivity index (χ0v) is 11.5. The molecular weight excluding hydrogens is 224 g/mol. The van der Waals surface area contributed by atoms with E-state index in [9.17, 15) is 5.26 Å². The van der Waals surface area contributed by atoms with Gasteiger partial charge in [0.1, 0.15) is 6.07 Å². The minimum Gasteiger partial charge on any atom is -0.392 e. The van der Waals surface area contributed by atoms with E-state index in [4.69, 9.17) is 5.11 Å². The highest BCUT2D eigenvalue weighted by Crippen LogP contribution is 2.23. The first-order chi connectivity index (χ1) is 8.65. The third-order valence-corrected chi connectivity index (χ3v) is 3.32. The van der Waals surface area contributed by atoms with Crippen molar-refractivity contribution in [3.8, 4) is 6.07 Å². The van der Waals surface area contributed by atoms with Gasteiger partial charge in [0.25, 0.3) is 0 Å². The standard InChI is InChI=1S/C15H22N2O/c1-4-12(3)10-17(5-2)15-7-6-13(11-18)8-14(15)9-16/h6-8,12,18H,4-5,10-11H2,1-3H3. The third kappa shape index (κ3) is 3.48. The largest absolute Gasteiger partial charge is 0.392 e. The van der Waals surface area contributed by atoms with Crippen molar-refractivity contribution in [1.29, 1.82) is 5.26 Å². The van der Waals surface area contributed by atoms with Gasteiger partial charge in [0.2, 0.25) is 0 Å². The van der Waals surface area contributed by atoms with Gasteiger partial charge in [-0.2, -0.15) is 5.26 Å². The summed E-state index contributed by atoms with van der Waals surface area (Å²) in [6, 6.07) is 7.82. The average molecular weight is 246 g/mol. The predicted molar refractivity (Wildman–Crippen MR) is 74.4 cm³/mol. The summed E-state index contributed by atoms with van der Waals surface area (Å²) in [5.41, 5.74) is 2.40. The number of hydrogen-bond donors (Lipinski definition) is 1. The molecule has 0 bridgehead atoms. The lowest BCUT2D eigenvalue weighted by atomic mass is 10.1. The number of hydrogen-bond acceptors (Lipinski definition) is 3. The van der Waals surface area contributed by atoms with Crippen molar-refractivity contribution in [1.82, 2.24) is 0 Å². The summed E-state index contributed by atoms with van der Waals surface area (Å²) in [5.74, 6) is 0.606. The van der Waals surface area contributed by atoms with Crippen molar-refractivity contribution in [3.05, 3.63) is 29.3 Å². The Morgan fingerprint density at radius 1 is 1.39 bits per heavy atom. The molecule has 0 aliphatic heterocycles. The van der Waals surface area contributed by atoms with Crippen LogP contribution in [0.25, 0.3) is 0 Å². The van der Waals surface area contributed by atoms with E-state index in [1.165, 1.54) is 0 Å². The van der Waals surface area contributed by atoms with E-state index < -0.39 is 0 Å². The lowest BCUT2D eigenvalue weighted by Crippen LogP contribution is -2.28. The maximum Gasteiger partial charge on any atom is 0.101 e. The second-order valence-corrected chi connectivity index (χ2v) is 4.67. The molecule has 1 atom stereocenters. The van der Waals surface area contributed by atoms with Gasteiger partial charge in [-0.1, -0.05) is 26.3 Å². The van der Waals surface area contributed by atoms with Gasteiger partial charge in [0, 0.05) is 13.1 Å². The summed E-state index contributed by atoms with van der Waals surface area (Å²) >= 11 is 0. The minimum absolute atomic E-state index is 0.0214. The van der Waals surface area contributed by atoms with E-state index in [0.717, 1.165) is 30.8 Å². The molecular formula is C15H22N2O. The molecule has 1 unspecified atom stereocenters. The van der Waals surface area contributed by atoms with Crippen LogP contribution in [0.1, 0.15) is 38.3 Å². The lowest BCUT2D eigenvalue weighted by Gasteiger charge is -2.27. The van der Waals surface area contributed by atoms with Crippen LogP contribution in [0, 0.1) is 17.2 Å². The van der Waals surface area contributed by atoms with Gasteiger partial charge in [-0.3, -0.25) is 0 Å². The van der Waals surface area contributed by atoms with Crippen molar-refractivity contribution in [3.63, 3.8) is 0 Å². The summed E-state index contributed by atoms with van der Waals surface area (Å²) in [7, 11) is 0. The molecule has 1 rings (SSSR count). The van der Waals surface area contributed by atoms with Crippen molar-refractivity contribution in [2.75, 3.05) is 18.0 Å². The van der Waals surface area contributed by atoms with Crippen molar-refractivity contribution in [2.45, 2.75) is 33.8 Å². The van der Waals surface area contributed by atoms with E-state index in [1.807, 2.05) is 12.1 Å². The van der Waals surface area contributed by atoms with Gasteiger partial charge < -0.3 is 10.0 Å². The molecule has 0 heterocycles. The van der Waals surface area contributed by atoms with E-state index >= 15 is 0 Å². The molecule has 0 amide bonds. The van der Waals surface area contributed by atoms with Crippen LogP contribution in [-0.2, 0) is 6.61 Å². The van der Waals surface area contributed by atoms with Gasteiger partial charge in [-0.25, -0.2) is 0 Å². The number of aliphatic hydroxyl groups is 1. The number of anilines is 1. The molecule has 98 valence electrons. The molecule has 1 N–H and O–H groups in total. The Bertz CT molecular complexity index is 423. The molecule has 0 saturated heterocycles. The van der Waals surface area contributed by atoms with Gasteiger partial charge >= 0.3 is 0 Å². The average Bonchev–Trinajstić information content (AvgIpc) is 2.43. The van der Waals surface area contributed by atoms with Crippen LogP contribution in [0.15, 0.2) is 18.2 Å². The quantitative estimate of drug-likeness (QED) is 0.839. The highest BCUT2D eigenvalue weighted by Gasteiger charge is 2.12. The molecule has 0 aliphatic rings. The predicted octanol–water partition coefficient (Wildman–Crippen LogP) is 2.92. The number of nitrogens with zero attached hydrogens (tertiary/aromatic N) is 2. The highest BCUT2D eigenvalue weighted by molar-refractivity contribution is 5.60. The van der Waals surface area contributed by atoms with Crippen LogP contribution in [0.5, 0.6) is 0 Å². The fourth-order valence-electron chi connectivity index (χ4n) is 1.95. The molecule has 0 saturated carbocycles. The van der Waals surface area contributed by atoms with Crippen LogP contribution in [0.4, 0.5) is 5.69 Å². The van der Waals surface area contributed by atoms with E-state index in [0.29, 0.717) is 11.5 Å². The molecule has 0 aliphatic carbocycles. The van der Waals surface area contributed by atoms with E-state index in [-0.39, 0.29) is 6.61 Å². The van der Waals surface area contributed by atoms with Crippen LogP contribution < -0.4 is 4.90 Å². The van der Waals surface area contributed by atoms with Crippen LogP contribution >= 0.6 is 0 Å². The smallest absolute Gasteiger partial charge is 0.101 e. The Hall–Kier alpha value is -1.53. The summed E-state index contributed by atoms with van der Waals surface area (Å²) in [6.07, 6.45) is 1.13. The Labute approximate surface area is 110 Å². The SMILES string of the molecule is CCC(C)CN(CC)c1ccc(CO)cc1C#N. The minimum atomic E-state index is -0.0214. The normalized spacial score (nSPS) is 11.9. The van der Waals surface area contributed by atoms with Crippen molar-refractivity contribution in [2.24, 2.45) is 5.92 Å². The summed E-state index contributed by atoms with van der Waals surface area (Å²) in [6.45, 7) is 8.32. The third-order valence-electron chi connectivity index (χ3n) is 3.32. The van der Waals surface area contributed by atoms with Crippen LogP contribution in [0.3, 0.4) is 0 Å². The van der Waals surface area contributed by atoms with Crippen molar-refractivity contribution < 1.29 is 5.11 Å². The molecule has 18 heavy (non-hydrogen) atoms. The second-order valence-electron chi connectivity index (χ2n) is 4.67. The monoisotopic (exact) mass is 246 g/mol. The molecule has 0 spiro atoms. The van der Waals surface area contributed by atoms with Gasteiger partial charge in [0.15, 0.2) is 0 Å². The van der Waals surface area contributed by atoms with Gasteiger partial charge in [-0.15, -0.1) is 0 Å². The zero-order chi connectivity index (χ0) is 13.5. The van der Waals surface area contributed by atoms with Gasteiger partial charge in [0.05, 0.1) is 17.9 Å².